The van der Waals surface area contributed by atoms with Gasteiger partial charge < -0.3 is 0 Å². The van der Waals surface area contributed by atoms with Gasteiger partial charge in [-0.25, -0.2) is 0 Å². The molecule has 0 fully saturated rings. The molecule has 0 N–H and O–H groups in total. The van der Waals surface area contributed by atoms with Crippen molar-refractivity contribution >= 4 is 40.1 Å². The van der Waals surface area contributed by atoms with E-state index in [-0.39, 0.29) is 0 Å². The van der Waals surface area contributed by atoms with Crippen molar-refractivity contribution in [2.75, 3.05) is 0 Å². The van der Waals surface area contributed by atoms with Gasteiger partial charge >= 0.3 is 8.25 Å². The van der Waals surface area contributed by atoms with Gasteiger partial charge in [-0.2, -0.15) is 0 Å². The fourth-order valence-electron chi connectivity index (χ4n) is 1.04. The highest BCUT2D eigenvalue weighted by Crippen LogP contribution is 2.45. The smallest absolute Gasteiger partial charge is 0.101 e. The van der Waals surface area contributed by atoms with Gasteiger partial charge in [-0.05, 0) is 57.5 Å². The van der Waals surface area contributed by atoms with E-state index < -0.39 is 17.3 Å². The van der Waals surface area contributed by atoms with E-state index in [9.17, 15) is 4.57 Å². The summed E-state index contributed by atoms with van der Waals surface area (Å²) >= 11 is 6.87. The molecule has 0 aliphatic rings. The molecule has 0 spiro atoms. The average molecular weight is 379 g/mol. The number of hydrogen-bond donors (Lipinski definition) is 0. The molecule has 6 heteroatoms. The van der Waals surface area contributed by atoms with Crippen LogP contribution >= 0.6 is 40.1 Å². The lowest BCUT2D eigenvalue weighted by molar-refractivity contribution is 0.0950. The molecule has 0 heterocycles. The third-order valence-corrected chi connectivity index (χ3v) is 6.65. The van der Waals surface area contributed by atoms with Gasteiger partial charge in [-0.15, -0.1) is 9.05 Å². The Morgan fingerprint density at radius 2 is 1.12 bits per heavy atom. The van der Waals surface area contributed by atoms with Crippen molar-refractivity contribution in [3.8, 4) is 0 Å². The van der Waals surface area contributed by atoms with Gasteiger partial charge in [-0.3, -0.25) is 0 Å². The summed E-state index contributed by atoms with van der Waals surface area (Å²) in [6.45, 7) is 7.90. The molecule has 0 aliphatic heterocycles. The molecule has 0 aliphatic carbocycles. The minimum Gasteiger partial charge on any atom is -0.101 e. The minimum atomic E-state index is -2.12. The van der Waals surface area contributed by atoms with Gasteiger partial charge in [0.05, 0.1) is 0 Å². The van der Waals surface area contributed by atoms with Gasteiger partial charge in [0.15, 0.2) is 9.02 Å². The first-order valence-corrected chi connectivity index (χ1v) is 8.26. The molecule has 0 radical (unpaired) electrons. The zero-order chi connectivity index (χ0) is 12.8. The van der Waals surface area contributed by atoms with Gasteiger partial charge in [0, 0.05) is 4.57 Å². The first-order chi connectivity index (χ1) is 7.34. The molecule has 0 amide bonds. The van der Waals surface area contributed by atoms with Crippen molar-refractivity contribution in [1.82, 2.24) is 0 Å². The van der Waals surface area contributed by atoms with E-state index in [1.54, 1.807) is 0 Å². The Morgan fingerprint density at radius 3 is 1.31 bits per heavy atom. The number of halogens is 2. The third kappa shape index (κ3) is 5.54. The van der Waals surface area contributed by atoms with Crippen LogP contribution in [0.15, 0.2) is 0 Å². The Labute approximate surface area is 116 Å². The number of hydrogen-bond acceptors (Lipinski definition) is 3. The highest BCUT2D eigenvalue weighted by molar-refractivity contribution is 9.10. The SMILES string of the molecule is CCC(Br)(CC)O[P+](=O)OC(Br)(CC)CC. The summed E-state index contributed by atoms with van der Waals surface area (Å²) in [5.41, 5.74) is 0. The lowest BCUT2D eigenvalue weighted by Crippen LogP contribution is -2.23. The molecule has 0 bridgehead atoms. The summed E-state index contributed by atoms with van der Waals surface area (Å²) in [7, 11) is -2.12. The maximum Gasteiger partial charge on any atom is 0.700 e. The minimum absolute atomic E-state index is 0.546. The Bertz CT molecular complexity index is 206. The molecule has 0 aromatic carbocycles. The molecular weight excluding hydrogens is 359 g/mol. The maximum atomic E-state index is 11.8. The Balaban J connectivity index is 4.38. The van der Waals surface area contributed by atoms with Crippen molar-refractivity contribution < 1.29 is 13.6 Å². The number of rotatable bonds is 8. The lowest BCUT2D eigenvalue weighted by atomic mass is 10.2. The fourth-order valence-corrected chi connectivity index (χ4v) is 2.84. The second-order valence-electron chi connectivity index (χ2n) is 3.59. The molecule has 0 atom stereocenters. The van der Waals surface area contributed by atoms with Crippen molar-refractivity contribution in [3.63, 3.8) is 0 Å². The summed E-state index contributed by atoms with van der Waals surface area (Å²) in [4.78, 5) is 0. The second-order valence-corrected chi connectivity index (χ2v) is 7.29. The summed E-state index contributed by atoms with van der Waals surface area (Å²) in [6, 6.07) is 0. The average Bonchev–Trinajstić information content (AvgIpc) is 2.28. The van der Waals surface area contributed by atoms with Crippen LogP contribution in [0, 0.1) is 0 Å². The van der Waals surface area contributed by atoms with E-state index in [0.717, 1.165) is 25.7 Å². The molecule has 0 rings (SSSR count). The predicted octanol–water partition coefficient (Wildman–Crippen LogP) is 5.50. The zero-order valence-corrected chi connectivity index (χ0v) is 14.3. The molecular formula is C10H20Br2O3P+. The van der Waals surface area contributed by atoms with E-state index in [1.165, 1.54) is 0 Å². The topological polar surface area (TPSA) is 35.5 Å². The summed E-state index contributed by atoms with van der Waals surface area (Å²) in [6.07, 6.45) is 2.95. The fraction of sp³-hybridized carbons (Fsp3) is 1.00. The van der Waals surface area contributed by atoms with Gasteiger partial charge in [-0.1, -0.05) is 27.7 Å². The van der Waals surface area contributed by atoms with Crippen LogP contribution in [0.3, 0.4) is 0 Å². The largest absolute Gasteiger partial charge is 0.700 e. The highest BCUT2D eigenvalue weighted by atomic mass is 79.9. The molecule has 0 saturated carbocycles. The zero-order valence-electron chi connectivity index (χ0n) is 10.3. The maximum absolute atomic E-state index is 11.8. The van der Waals surface area contributed by atoms with Crippen LogP contribution in [0.5, 0.6) is 0 Å². The molecule has 16 heavy (non-hydrogen) atoms. The van der Waals surface area contributed by atoms with E-state index in [1.807, 2.05) is 27.7 Å². The molecule has 0 aromatic rings. The molecule has 3 nitrogen and oxygen atoms in total. The quantitative estimate of drug-likeness (QED) is 0.413. The number of alkyl halides is 2. The van der Waals surface area contributed by atoms with Crippen molar-refractivity contribution in [2.24, 2.45) is 0 Å². The first-order valence-electron chi connectivity index (χ1n) is 5.58. The van der Waals surface area contributed by atoms with Crippen LogP contribution < -0.4 is 0 Å². The van der Waals surface area contributed by atoms with Gasteiger partial charge in [0.2, 0.25) is 0 Å². The third-order valence-electron chi connectivity index (χ3n) is 2.59. The van der Waals surface area contributed by atoms with Crippen LogP contribution in [0.4, 0.5) is 0 Å². The van der Waals surface area contributed by atoms with Crippen LogP contribution in [0.2, 0.25) is 0 Å². The first kappa shape index (κ1) is 17.0. The molecule has 0 unspecified atom stereocenters. The molecule has 96 valence electrons. The Kier molecular flexibility index (Phi) is 7.88. The van der Waals surface area contributed by atoms with Crippen LogP contribution in [-0.4, -0.2) is 9.02 Å². The van der Waals surface area contributed by atoms with Crippen LogP contribution in [0.1, 0.15) is 53.4 Å². The summed E-state index contributed by atoms with van der Waals surface area (Å²) < 4.78 is 21.5. The van der Waals surface area contributed by atoms with Crippen molar-refractivity contribution in [1.29, 1.82) is 0 Å². The summed E-state index contributed by atoms with van der Waals surface area (Å²) in [5, 5.41) is 0. The van der Waals surface area contributed by atoms with Gasteiger partial charge in [0.1, 0.15) is 0 Å². The molecule has 0 aromatic heterocycles. The Morgan fingerprint density at radius 1 is 0.875 bits per heavy atom. The van der Waals surface area contributed by atoms with Crippen molar-refractivity contribution in [2.45, 2.75) is 62.4 Å². The Hall–Kier alpha value is 0.980. The standard InChI is InChI=1S/C10H20Br2O3P/c1-5-9(11,6-2)14-16(13)15-10(12,7-3)8-4/h5-8H2,1-4H3/q+1. The van der Waals surface area contributed by atoms with E-state index in [4.69, 9.17) is 9.05 Å². The highest BCUT2D eigenvalue weighted by Gasteiger charge is 2.42. The lowest BCUT2D eigenvalue weighted by Gasteiger charge is -2.19. The summed E-state index contributed by atoms with van der Waals surface area (Å²) in [5.74, 6) is 0. The van der Waals surface area contributed by atoms with E-state index in [2.05, 4.69) is 31.9 Å². The normalized spacial score (nSPS) is 12.9. The van der Waals surface area contributed by atoms with Crippen LogP contribution in [0.25, 0.3) is 0 Å². The van der Waals surface area contributed by atoms with E-state index in [0.29, 0.717) is 0 Å². The predicted molar refractivity (Wildman–Crippen MR) is 74.3 cm³/mol. The van der Waals surface area contributed by atoms with E-state index >= 15 is 0 Å². The van der Waals surface area contributed by atoms with Crippen LogP contribution in [-0.2, 0) is 13.6 Å². The van der Waals surface area contributed by atoms with Gasteiger partial charge in [0.25, 0.3) is 0 Å². The second kappa shape index (κ2) is 7.42. The monoisotopic (exact) mass is 377 g/mol. The molecule has 0 saturated heterocycles. The van der Waals surface area contributed by atoms with Crippen molar-refractivity contribution in [3.05, 3.63) is 0 Å².